The van der Waals surface area contributed by atoms with Gasteiger partial charge < -0.3 is 11.1 Å². The van der Waals surface area contributed by atoms with Crippen LogP contribution >= 0.6 is 15.9 Å². The van der Waals surface area contributed by atoms with Gasteiger partial charge in [0.05, 0.1) is 5.69 Å². The number of nitrogens with one attached hydrogen (secondary N) is 3. The lowest BCUT2D eigenvalue weighted by Gasteiger charge is -2.13. The van der Waals surface area contributed by atoms with Gasteiger partial charge in [0.15, 0.2) is 11.6 Å². The lowest BCUT2D eigenvalue weighted by molar-refractivity contribution is 0.0962. The Labute approximate surface area is 152 Å². The highest BCUT2D eigenvalue weighted by atomic mass is 79.9. The fourth-order valence-corrected chi connectivity index (χ4v) is 2.45. The SMILES string of the molecule is Nc1c(NNC(=O)c2ccccc2)ncnc1Nc1ccccc1Br. The second-order valence-corrected chi connectivity index (χ2v) is 5.89. The van der Waals surface area contributed by atoms with Crippen LogP contribution in [-0.2, 0) is 0 Å². The fourth-order valence-electron chi connectivity index (χ4n) is 2.06. The summed E-state index contributed by atoms with van der Waals surface area (Å²) in [5.74, 6) is 0.436. The van der Waals surface area contributed by atoms with E-state index in [2.05, 4.69) is 42.1 Å². The third-order valence-electron chi connectivity index (χ3n) is 3.34. The Morgan fingerprint density at radius 3 is 2.40 bits per heavy atom. The predicted octanol–water partition coefficient (Wildman–Crippen LogP) is 3.32. The summed E-state index contributed by atoms with van der Waals surface area (Å²) in [6, 6.07) is 16.4. The van der Waals surface area contributed by atoms with Crippen molar-refractivity contribution in [2.24, 2.45) is 0 Å². The Bertz CT molecular complexity index is 887. The van der Waals surface area contributed by atoms with Gasteiger partial charge in [-0.25, -0.2) is 9.97 Å². The number of amides is 1. The van der Waals surface area contributed by atoms with Gasteiger partial charge in [-0.15, -0.1) is 0 Å². The monoisotopic (exact) mass is 398 g/mol. The number of hydrazine groups is 1. The summed E-state index contributed by atoms with van der Waals surface area (Å²) in [5.41, 5.74) is 13.0. The highest BCUT2D eigenvalue weighted by molar-refractivity contribution is 9.10. The van der Waals surface area contributed by atoms with E-state index in [0.29, 0.717) is 17.2 Å². The van der Waals surface area contributed by atoms with Crippen LogP contribution in [0.1, 0.15) is 10.4 Å². The van der Waals surface area contributed by atoms with Crippen LogP contribution in [0.25, 0.3) is 0 Å². The average molecular weight is 399 g/mol. The topological polar surface area (TPSA) is 105 Å². The number of nitrogens with zero attached hydrogens (tertiary/aromatic N) is 2. The van der Waals surface area contributed by atoms with Crippen molar-refractivity contribution in [1.82, 2.24) is 15.4 Å². The minimum absolute atomic E-state index is 0.284. The van der Waals surface area contributed by atoms with E-state index in [1.54, 1.807) is 24.3 Å². The van der Waals surface area contributed by atoms with Crippen LogP contribution in [0.2, 0.25) is 0 Å². The molecule has 0 aliphatic rings. The predicted molar refractivity (Wildman–Crippen MR) is 101 cm³/mol. The first-order valence-corrected chi connectivity index (χ1v) is 8.18. The molecule has 0 aliphatic carbocycles. The summed E-state index contributed by atoms with van der Waals surface area (Å²) >= 11 is 3.45. The van der Waals surface area contributed by atoms with E-state index < -0.39 is 0 Å². The number of para-hydroxylation sites is 1. The van der Waals surface area contributed by atoms with Crippen molar-refractivity contribution in [2.45, 2.75) is 0 Å². The molecule has 0 unspecified atom stereocenters. The number of carbonyl (C=O) groups excluding carboxylic acids is 1. The Balaban J connectivity index is 1.73. The van der Waals surface area contributed by atoms with Crippen molar-refractivity contribution >= 4 is 44.8 Å². The van der Waals surface area contributed by atoms with Gasteiger partial charge in [0.1, 0.15) is 12.0 Å². The molecule has 1 aromatic heterocycles. The van der Waals surface area contributed by atoms with Crippen LogP contribution in [0.15, 0.2) is 65.4 Å². The quantitative estimate of drug-likeness (QED) is 0.491. The van der Waals surface area contributed by atoms with Crippen molar-refractivity contribution in [1.29, 1.82) is 0 Å². The summed E-state index contributed by atoms with van der Waals surface area (Å²) in [5, 5.41) is 3.12. The number of nitrogens with two attached hydrogens (primary N) is 1. The molecule has 0 aliphatic heterocycles. The zero-order valence-electron chi connectivity index (χ0n) is 13.0. The summed E-state index contributed by atoms with van der Waals surface area (Å²) in [6.07, 6.45) is 1.35. The first kappa shape index (κ1) is 16.7. The standard InChI is InChI=1S/C17H15BrN6O/c18-12-8-4-5-9-13(12)22-15-14(19)16(21-10-20-15)23-24-17(25)11-6-2-1-3-7-11/h1-10H,19H2,(H,24,25)(H2,20,21,22,23). The minimum atomic E-state index is -0.293. The summed E-state index contributed by atoms with van der Waals surface area (Å²) in [6.45, 7) is 0. The molecule has 126 valence electrons. The summed E-state index contributed by atoms with van der Waals surface area (Å²) in [7, 11) is 0. The molecule has 1 amide bonds. The molecule has 1 heterocycles. The number of carbonyl (C=O) groups is 1. The van der Waals surface area contributed by atoms with Crippen molar-refractivity contribution in [3.05, 3.63) is 71.0 Å². The molecule has 8 heteroatoms. The van der Waals surface area contributed by atoms with Gasteiger partial charge in [-0.1, -0.05) is 30.3 Å². The number of halogens is 1. The highest BCUT2D eigenvalue weighted by Gasteiger charge is 2.11. The van der Waals surface area contributed by atoms with E-state index in [1.165, 1.54) is 6.33 Å². The molecule has 0 fully saturated rings. The van der Waals surface area contributed by atoms with E-state index >= 15 is 0 Å². The number of aromatic nitrogens is 2. The first-order chi connectivity index (χ1) is 12.1. The molecular formula is C17H15BrN6O. The van der Waals surface area contributed by atoms with Gasteiger partial charge >= 0.3 is 0 Å². The van der Waals surface area contributed by atoms with Crippen LogP contribution in [-0.4, -0.2) is 15.9 Å². The first-order valence-electron chi connectivity index (χ1n) is 7.38. The molecule has 0 radical (unpaired) electrons. The zero-order valence-corrected chi connectivity index (χ0v) is 14.6. The van der Waals surface area contributed by atoms with Gasteiger partial charge in [-0.2, -0.15) is 0 Å². The Hall–Kier alpha value is -3.13. The molecule has 0 saturated carbocycles. The Morgan fingerprint density at radius 2 is 1.64 bits per heavy atom. The Morgan fingerprint density at radius 1 is 0.960 bits per heavy atom. The largest absolute Gasteiger partial charge is 0.393 e. The molecule has 0 bridgehead atoms. The maximum Gasteiger partial charge on any atom is 0.269 e. The van der Waals surface area contributed by atoms with Crippen LogP contribution in [0.4, 0.5) is 23.0 Å². The van der Waals surface area contributed by atoms with E-state index in [1.807, 2.05) is 30.3 Å². The zero-order chi connectivity index (χ0) is 17.6. The van der Waals surface area contributed by atoms with E-state index in [-0.39, 0.29) is 11.6 Å². The van der Waals surface area contributed by atoms with Gasteiger partial charge in [-0.05, 0) is 40.2 Å². The highest BCUT2D eigenvalue weighted by Crippen LogP contribution is 2.29. The smallest absolute Gasteiger partial charge is 0.269 e. The maximum atomic E-state index is 12.1. The average Bonchev–Trinajstić information content (AvgIpc) is 2.64. The number of nitrogen functional groups attached to an aromatic ring is 1. The van der Waals surface area contributed by atoms with Gasteiger partial charge in [0.2, 0.25) is 0 Å². The number of benzene rings is 2. The molecule has 2 aromatic carbocycles. The van der Waals surface area contributed by atoms with E-state index in [0.717, 1.165) is 10.2 Å². The van der Waals surface area contributed by atoms with Gasteiger partial charge in [0.25, 0.3) is 5.91 Å². The number of rotatable bonds is 5. The molecule has 0 atom stereocenters. The molecule has 5 N–H and O–H groups in total. The van der Waals surface area contributed by atoms with Crippen molar-refractivity contribution in [2.75, 3.05) is 16.5 Å². The van der Waals surface area contributed by atoms with Crippen LogP contribution in [0.3, 0.4) is 0 Å². The lowest BCUT2D eigenvalue weighted by atomic mass is 10.2. The second-order valence-electron chi connectivity index (χ2n) is 5.03. The van der Waals surface area contributed by atoms with Crippen LogP contribution in [0.5, 0.6) is 0 Å². The van der Waals surface area contributed by atoms with E-state index in [4.69, 9.17) is 5.73 Å². The third-order valence-corrected chi connectivity index (χ3v) is 4.03. The molecular weight excluding hydrogens is 384 g/mol. The summed E-state index contributed by atoms with van der Waals surface area (Å²) < 4.78 is 0.875. The third kappa shape index (κ3) is 4.04. The van der Waals surface area contributed by atoms with Gasteiger partial charge in [-0.3, -0.25) is 15.6 Å². The number of anilines is 4. The normalized spacial score (nSPS) is 10.1. The molecule has 0 saturated heterocycles. The minimum Gasteiger partial charge on any atom is -0.393 e. The molecule has 25 heavy (non-hydrogen) atoms. The lowest BCUT2D eigenvalue weighted by Crippen LogP contribution is -2.30. The van der Waals surface area contributed by atoms with E-state index in [9.17, 15) is 4.79 Å². The number of hydrogen-bond acceptors (Lipinski definition) is 6. The van der Waals surface area contributed by atoms with Crippen LogP contribution < -0.4 is 21.9 Å². The van der Waals surface area contributed by atoms with Crippen molar-refractivity contribution < 1.29 is 4.79 Å². The molecule has 3 rings (SSSR count). The van der Waals surface area contributed by atoms with Crippen LogP contribution in [0, 0.1) is 0 Å². The Kier molecular flexibility index (Phi) is 5.10. The summed E-state index contributed by atoms with van der Waals surface area (Å²) in [4.78, 5) is 20.3. The van der Waals surface area contributed by atoms with Gasteiger partial charge in [0, 0.05) is 10.0 Å². The van der Waals surface area contributed by atoms with Crippen molar-refractivity contribution in [3.8, 4) is 0 Å². The van der Waals surface area contributed by atoms with Crippen molar-refractivity contribution in [3.63, 3.8) is 0 Å². The molecule has 3 aromatic rings. The maximum absolute atomic E-state index is 12.1. The second kappa shape index (κ2) is 7.63. The molecule has 7 nitrogen and oxygen atoms in total. The molecule has 0 spiro atoms. The fraction of sp³-hybridized carbons (Fsp3) is 0. The number of hydrogen-bond donors (Lipinski definition) is 4.